The second-order valence-electron chi connectivity index (χ2n) is 4.35. The van der Waals surface area contributed by atoms with Crippen molar-refractivity contribution in [3.63, 3.8) is 0 Å². The Morgan fingerprint density at radius 2 is 2.14 bits per heavy atom. The summed E-state index contributed by atoms with van der Waals surface area (Å²) >= 11 is 0. The summed E-state index contributed by atoms with van der Waals surface area (Å²) in [6.45, 7) is 1.91. The Bertz CT molecular complexity index is 679. The molecule has 2 aromatic heterocycles. The van der Waals surface area contributed by atoms with Gasteiger partial charge in [0, 0.05) is 18.9 Å². The highest BCUT2D eigenvalue weighted by molar-refractivity contribution is 5.92. The van der Waals surface area contributed by atoms with Gasteiger partial charge in [-0.2, -0.15) is 0 Å². The van der Waals surface area contributed by atoms with Crippen LogP contribution in [0.1, 0.15) is 32.4 Å². The largest absolute Gasteiger partial charge is 0.478 e. The molecule has 0 spiro atoms. The Hall–Kier alpha value is -2.83. The second-order valence-corrected chi connectivity index (χ2v) is 4.35. The van der Waals surface area contributed by atoms with Crippen LogP contribution in [0.4, 0.5) is 5.69 Å². The maximum atomic E-state index is 11.5. The molecule has 0 saturated heterocycles. The molecular weight excluding hydrogens is 274 g/mol. The van der Waals surface area contributed by atoms with Gasteiger partial charge in [0.2, 0.25) is 0 Å². The van der Waals surface area contributed by atoms with Crippen LogP contribution in [0.25, 0.3) is 0 Å². The van der Waals surface area contributed by atoms with E-state index in [0.29, 0.717) is 29.4 Å². The first kappa shape index (κ1) is 14.6. The Kier molecular flexibility index (Phi) is 4.22. The molecule has 3 N–H and O–H groups in total. The molecule has 0 radical (unpaired) electrons. The average molecular weight is 289 g/mol. The maximum absolute atomic E-state index is 11.5. The van der Waals surface area contributed by atoms with E-state index >= 15 is 0 Å². The summed E-state index contributed by atoms with van der Waals surface area (Å²) in [5.74, 6) is -0.433. The molecule has 7 nitrogen and oxygen atoms in total. The van der Waals surface area contributed by atoms with E-state index in [0.717, 1.165) is 0 Å². The number of aromatic nitrogens is 1. The van der Waals surface area contributed by atoms with E-state index in [4.69, 9.17) is 9.52 Å². The van der Waals surface area contributed by atoms with Crippen LogP contribution in [0.3, 0.4) is 0 Å². The molecule has 0 unspecified atom stereocenters. The Morgan fingerprint density at radius 3 is 2.76 bits per heavy atom. The third kappa shape index (κ3) is 3.38. The molecule has 2 rings (SSSR count). The lowest BCUT2D eigenvalue weighted by atomic mass is 10.2. The van der Waals surface area contributed by atoms with Crippen LogP contribution in [-0.2, 0) is 6.54 Å². The predicted octanol–water partition coefficient (Wildman–Crippen LogP) is 1.65. The highest BCUT2D eigenvalue weighted by Gasteiger charge is 2.13. The zero-order valence-electron chi connectivity index (χ0n) is 11.6. The molecule has 0 aliphatic heterocycles. The van der Waals surface area contributed by atoms with Crippen molar-refractivity contribution in [1.29, 1.82) is 0 Å². The summed E-state index contributed by atoms with van der Waals surface area (Å²) in [5.41, 5.74) is 1.13. The number of carboxylic acid groups (broad SMARTS) is 1. The van der Waals surface area contributed by atoms with E-state index in [1.807, 2.05) is 0 Å². The number of furan rings is 1. The van der Waals surface area contributed by atoms with Crippen LogP contribution < -0.4 is 10.6 Å². The number of rotatable bonds is 5. The number of hydrogen-bond donors (Lipinski definition) is 3. The number of aromatic carboxylic acids is 1. The molecule has 21 heavy (non-hydrogen) atoms. The normalized spacial score (nSPS) is 10.2. The molecule has 0 aliphatic carbocycles. The summed E-state index contributed by atoms with van der Waals surface area (Å²) in [7, 11) is 1.53. The monoisotopic (exact) mass is 289 g/mol. The molecule has 0 aliphatic rings. The fraction of sp³-hybridized carbons (Fsp3) is 0.214. The SMILES string of the molecule is CNC(=O)c1cc(NCc2cc(C(=O)O)c(C)o2)ccn1. The quantitative estimate of drug-likeness (QED) is 0.773. The van der Waals surface area contributed by atoms with E-state index in [2.05, 4.69) is 15.6 Å². The van der Waals surface area contributed by atoms with Gasteiger partial charge < -0.3 is 20.2 Å². The first-order valence-electron chi connectivity index (χ1n) is 6.26. The van der Waals surface area contributed by atoms with E-state index in [-0.39, 0.29) is 11.5 Å². The summed E-state index contributed by atoms with van der Waals surface area (Å²) in [5, 5.41) is 14.5. The van der Waals surface area contributed by atoms with Gasteiger partial charge in [-0.1, -0.05) is 0 Å². The van der Waals surface area contributed by atoms with Gasteiger partial charge in [0.05, 0.1) is 6.54 Å². The van der Waals surface area contributed by atoms with Gasteiger partial charge in [0.1, 0.15) is 22.8 Å². The third-order valence-corrected chi connectivity index (χ3v) is 2.89. The number of aryl methyl sites for hydroxylation is 1. The maximum Gasteiger partial charge on any atom is 0.339 e. The molecule has 7 heteroatoms. The fourth-order valence-corrected chi connectivity index (χ4v) is 1.83. The highest BCUT2D eigenvalue weighted by Crippen LogP contribution is 2.16. The van der Waals surface area contributed by atoms with Gasteiger partial charge in [0.25, 0.3) is 5.91 Å². The molecule has 2 heterocycles. The minimum absolute atomic E-state index is 0.146. The van der Waals surface area contributed by atoms with Crippen LogP contribution >= 0.6 is 0 Å². The second kappa shape index (κ2) is 6.08. The van der Waals surface area contributed by atoms with Gasteiger partial charge in [-0.15, -0.1) is 0 Å². The zero-order valence-corrected chi connectivity index (χ0v) is 11.6. The Labute approximate surface area is 121 Å². The summed E-state index contributed by atoms with van der Waals surface area (Å²) < 4.78 is 5.36. The van der Waals surface area contributed by atoms with Crippen LogP contribution in [-0.4, -0.2) is 29.0 Å². The lowest BCUT2D eigenvalue weighted by Gasteiger charge is -2.05. The average Bonchev–Trinajstić information content (AvgIpc) is 2.86. The van der Waals surface area contributed by atoms with Gasteiger partial charge in [-0.25, -0.2) is 4.79 Å². The summed E-state index contributed by atoms with van der Waals surface area (Å²) in [4.78, 5) is 26.4. The van der Waals surface area contributed by atoms with E-state index < -0.39 is 5.97 Å². The van der Waals surface area contributed by atoms with E-state index in [1.165, 1.54) is 19.3 Å². The smallest absolute Gasteiger partial charge is 0.339 e. The topological polar surface area (TPSA) is 104 Å². The molecule has 0 bridgehead atoms. The predicted molar refractivity (Wildman–Crippen MR) is 75.4 cm³/mol. The van der Waals surface area contributed by atoms with Crippen molar-refractivity contribution in [3.05, 3.63) is 47.2 Å². The van der Waals surface area contributed by atoms with Crippen molar-refractivity contribution < 1.29 is 19.1 Å². The summed E-state index contributed by atoms with van der Waals surface area (Å²) in [6, 6.07) is 4.79. The number of carbonyl (C=O) groups is 2. The van der Waals surface area contributed by atoms with Crippen molar-refractivity contribution in [2.75, 3.05) is 12.4 Å². The van der Waals surface area contributed by atoms with Gasteiger partial charge >= 0.3 is 5.97 Å². The van der Waals surface area contributed by atoms with Crippen molar-refractivity contribution in [1.82, 2.24) is 10.3 Å². The van der Waals surface area contributed by atoms with Crippen LogP contribution in [0.15, 0.2) is 28.8 Å². The van der Waals surface area contributed by atoms with Crippen molar-refractivity contribution in [3.8, 4) is 0 Å². The molecular formula is C14H15N3O4. The van der Waals surface area contributed by atoms with Crippen molar-refractivity contribution in [2.45, 2.75) is 13.5 Å². The number of nitrogens with zero attached hydrogens (tertiary/aromatic N) is 1. The van der Waals surface area contributed by atoms with Crippen molar-refractivity contribution in [2.24, 2.45) is 0 Å². The molecule has 0 saturated carbocycles. The van der Waals surface area contributed by atoms with E-state index in [1.54, 1.807) is 19.1 Å². The van der Waals surface area contributed by atoms with Gasteiger partial charge in [0.15, 0.2) is 0 Å². The van der Waals surface area contributed by atoms with Crippen molar-refractivity contribution >= 4 is 17.6 Å². The third-order valence-electron chi connectivity index (χ3n) is 2.89. The van der Waals surface area contributed by atoms with Crippen LogP contribution in [0.5, 0.6) is 0 Å². The first-order valence-corrected chi connectivity index (χ1v) is 6.26. The Morgan fingerprint density at radius 1 is 1.38 bits per heavy atom. The zero-order chi connectivity index (χ0) is 15.4. The van der Waals surface area contributed by atoms with Crippen LogP contribution in [0.2, 0.25) is 0 Å². The number of carboxylic acids is 1. The lowest BCUT2D eigenvalue weighted by molar-refractivity contribution is 0.0694. The van der Waals surface area contributed by atoms with Gasteiger partial charge in [-0.3, -0.25) is 9.78 Å². The fourth-order valence-electron chi connectivity index (χ4n) is 1.83. The Balaban J connectivity index is 2.08. The molecule has 2 aromatic rings. The number of nitrogens with one attached hydrogen (secondary N) is 2. The molecule has 1 amide bonds. The first-order chi connectivity index (χ1) is 10.0. The van der Waals surface area contributed by atoms with Crippen LogP contribution in [0, 0.1) is 6.92 Å². The number of anilines is 1. The standard InChI is InChI=1S/C14H15N3O4/c1-8-11(14(19)20)6-10(21-8)7-17-9-3-4-16-12(5-9)13(18)15-2/h3-6H,7H2,1-2H3,(H,15,18)(H,16,17)(H,19,20). The number of carbonyl (C=O) groups excluding carboxylic acids is 1. The van der Waals surface area contributed by atoms with Gasteiger partial charge in [-0.05, 0) is 25.1 Å². The molecule has 0 atom stereocenters. The minimum atomic E-state index is -1.02. The number of hydrogen-bond acceptors (Lipinski definition) is 5. The molecule has 110 valence electrons. The minimum Gasteiger partial charge on any atom is -0.478 e. The summed E-state index contributed by atoms with van der Waals surface area (Å²) in [6.07, 6.45) is 1.52. The molecule has 0 fully saturated rings. The number of amides is 1. The number of pyridine rings is 1. The molecule has 0 aromatic carbocycles. The highest BCUT2D eigenvalue weighted by atomic mass is 16.4. The van der Waals surface area contributed by atoms with E-state index in [9.17, 15) is 9.59 Å². The lowest BCUT2D eigenvalue weighted by Crippen LogP contribution is -2.19.